The van der Waals surface area contributed by atoms with Crippen molar-refractivity contribution < 1.29 is 17.6 Å². The molecule has 0 spiro atoms. The summed E-state index contributed by atoms with van der Waals surface area (Å²) >= 11 is 1.39. The van der Waals surface area contributed by atoms with Gasteiger partial charge < -0.3 is 4.90 Å². The van der Waals surface area contributed by atoms with Gasteiger partial charge in [0, 0.05) is 38.6 Å². The van der Waals surface area contributed by atoms with Crippen LogP contribution in [-0.4, -0.2) is 59.5 Å². The Kier molecular flexibility index (Phi) is 4.72. The van der Waals surface area contributed by atoms with E-state index in [0.717, 1.165) is 28.0 Å². The van der Waals surface area contributed by atoms with Crippen LogP contribution in [0.4, 0.5) is 4.39 Å². The lowest BCUT2D eigenvalue weighted by Gasteiger charge is -2.33. The van der Waals surface area contributed by atoms with Crippen LogP contribution in [-0.2, 0) is 17.1 Å². The fourth-order valence-corrected chi connectivity index (χ4v) is 5.87. The standard InChI is InChI=1S/C18H19FN4O3S2/c1-12-15-11-16(27-18(15)21(2)20-12)17(24)22-7-9-23(10-8-22)28(25,26)14-5-3-13(19)4-6-14/h3-6,11H,7-10H2,1-2H3. The number of benzene rings is 1. The van der Waals surface area contributed by atoms with E-state index in [1.165, 1.54) is 27.8 Å². The van der Waals surface area contributed by atoms with Gasteiger partial charge in [0.15, 0.2) is 0 Å². The molecule has 2 aromatic heterocycles. The minimum absolute atomic E-state index is 0.0566. The van der Waals surface area contributed by atoms with Gasteiger partial charge in [-0.15, -0.1) is 11.3 Å². The molecule has 148 valence electrons. The highest BCUT2D eigenvalue weighted by Crippen LogP contribution is 2.29. The number of carbonyl (C=O) groups excluding carboxylic acids is 1. The van der Waals surface area contributed by atoms with E-state index in [1.807, 2.05) is 20.0 Å². The third kappa shape index (κ3) is 3.21. The van der Waals surface area contributed by atoms with Crippen LogP contribution in [0.1, 0.15) is 15.4 Å². The highest BCUT2D eigenvalue weighted by molar-refractivity contribution is 7.89. The van der Waals surface area contributed by atoms with Crippen LogP contribution in [0.15, 0.2) is 35.2 Å². The number of aryl methyl sites for hydroxylation is 2. The molecule has 1 aromatic carbocycles. The van der Waals surface area contributed by atoms with Gasteiger partial charge in [-0.1, -0.05) is 0 Å². The lowest BCUT2D eigenvalue weighted by atomic mass is 10.3. The molecule has 28 heavy (non-hydrogen) atoms. The zero-order valence-electron chi connectivity index (χ0n) is 15.4. The molecule has 1 saturated heterocycles. The molecular formula is C18H19FN4O3S2. The quantitative estimate of drug-likeness (QED) is 0.649. The van der Waals surface area contributed by atoms with Crippen molar-refractivity contribution in [2.75, 3.05) is 26.2 Å². The molecule has 7 nitrogen and oxygen atoms in total. The molecule has 3 aromatic rings. The summed E-state index contributed by atoms with van der Waals surface area (Å²) in [5, 5.41) is 5.31. The van der Waals surface area contributed by atoms with Crippen LogP contribution in [0.3, 0.4) is 0 Å². The molecule has 1 aliphatic heterocycles. The van der Waals surface area contributed by atoms with Crippen LogP contribution < -0.4 is 0 Å². The Labute approximate surface area is 166 Å². The molecule has 0 unspecified atom stereocenters. The largest absolute Gasteiger partial charge is 0.335 e. The predicted molar refractivity (Wildman–Crippen MR) is 104 cm³/mol. The molecule has 1 amide bonds. The van der Waals surface area contributed by atoms with Crippen LogP contribution in [0.5, 0.6) is 0 Å². The molecule has 0 saturated carbocycles. The average molecular weight is 423 g/mol. The van der Waals surface area contributed by atoms with E-state index in [0.29, 0.717) is 18.0 Å². The first-order chi connectivity index (χ1) is 13.3. The van der Waals surface area contributed by atoms with Gasteiger partial charge in [0.25, 0.3) is 5.91 Å². The van der Waals surface area contributed by atoms with Gasteiger partial charge in [-0.25, -0.2) is 12.8 Å². The van der Waals surface area contributed by atoms with Gasteiger partial charge in [0.2, 0.25) is 10.0 Å². The van der Waals surface area contributed by atoms with Crippen molar-refractivity contribution in [2.24, 2.45) is 7.05 Å². The number of hydrogen-bond acceptors (Lipinski definition) is 5. The Morgan fingerprint density at radius 1 is 1.14 bits per heavy atom. The molecule has 0 atom stereocenters. The fourth-order valence-electron chi connectivity index (χ4n) is 3.35. The van der Waals surface area contributed by atoms with Crippen LogP contribution in [0.2, 0.25) is 0 Å². The molecule has 4 rings (SSSR count). The average Bonchev–Trinajstić information content (AvgIpc) is 3.23. The fraction of sp³-hybridized carbons (Fsp3) is 0.333. The first-order valence-electron chi connectivity index (χ1n) is 8.75. The summed E-state index contributed by atoms with van der Waals surface area (Å²) in [5.41, 5.74) is 0.878. The molecule has 0 aliphatic carbocycles. The summed E-state index contributed by atoms with van der Waals surface area (Å²) in [5.74, 6) is -0.581. The maximum atomic E-state index is 13.1. The first kappa shape index (κ1) is 19.0. The Bertz CT molecular complexity index is 1110. The second-order valence-electron chi connectivity index (χ2n) is 6.69. The number of sulfonamides is 1. The van der Waals surface area contributed by atoms with Gasteiger partial charge in [0.05, 0.1) is 15.5 Å². The lowest BCUT2D eigenvalue weighted by molar-refractivity contribution is 0.0703. The summed E-state index contributed by atoms with van der Waals surface area (Å²) in [6.45, 7) is 2.94. The van der Waals surface area contributed by atoms with Crippen molar-refractivity contribution in [1.29, 1.82) is 0 Å². The van der Waals surface area contributed by atoms with E-state index >= 15 is 0 Å². The third-order valence-electron chi connectivity index (χ3n) is 4.88. The number of aromatic nitrogens is 2. The number of hydrogen-bond donors (Lipinski definition) is 0. The van der Waals surface area contributed by atoms with Crippen molar-refractivity contribution in [3.63, 3.8) is 0 Å². The Morgan fingerprint density at radius 3 is 2.39 bits per heavy atom. The number of amides is 1. The maximum absolute atomic E-state index is 13.1. The van der Waals surface area contributed by atoms with Crippen LogP contribution in [0.25, 0.3) is 10.2 Å². The number of nitrogens with zero attached hydrogens (tertiary/aromatic N) is 4. The molecule has 3 heterocycles. The topological polar surface area (TPSA) is 75.5 Å². The zero-order chi connectivity index (χ0) is 20.1. The molecule has 0 N–H and O–H groups in total. The highest BCUT2D eigenvalue weighted by atomic mass is 32.2. The minimum Gasteiger partial charge on any atom is -0.335 e. The van der Waals surface area contributed by atoms with E-state index in [-0.39, 0.29) is 23.9 Å². The number of halogens is 1. The monoisotopic (exact) mass is 422 g/mol. The summed E-state index contributed by atoms with van der Waals surface area (Å²) in [6.07, 6.45) is 0. The van der Waals surface area contributed by atoms with Crippen LogP contribution >= 0.6 is 11.3 Å². The number of thiophene rings is 1. The molecule has 0 radical (unpaired) electrons. The Balaban J connectivity index is 1.48. The van der Waals surface area contributed by atoms with Gasteiger partial charge >= 0.3 is 0 Å². The van der Waals surface area contributed by atoms with Crippen molar-refractivity contribution in [3.8, 4) is 0 Å². The second kappa shape index (κ2) is 6.94. The van der Waals surface area contributed by atoms with Gasteiger partial charge in [-0.2, -0.15) is 9.40 Å². The molecular weight excluding hydrogens is 403 g/mol. The molecule has 0 bridgehead atoms. The minimum atomic E-state index is -3.70. The van der Waals surface area contributed by atoms with E-state index in [4.69, 9.17) is 0 Å². The summed E-state index contributed by atoms with van der Waals surface area (Å²) in [4.78, 5) is 16.1. The predicted octanol–water partition coefficient (Wildman–Crippen LogP) is 2.23. The summed E-state index contributed by atoms with van der Waals surface area (Å²) in [7, 11) is -1.85. The second-order valence-corrected chi connectivity index (χ2v) is 9.66. The lowest BCUT2D eigenvalue weighted by Crippen LogP contribution is -2.50. The summed E-state index contributed by atoms with van der Waals surface area (Å²) in [6, 6.07) is 6.63. The van der Waals surface area contributed by atoms with E-state index in [9.17, 15) is 17.6 Å². The number of rotatable bonds is 3. The van der Waals surface area contributed by atoms with Gasteiger partial charge in [-0.05, 0) is 37.3 Å². The van der Waals surface area contributed by atoms with Gasteiger partial charge in [-0.3, -0.25) is 9.48 Å². The number of carbonyl (C=O) groups is 1. The maximum Gasteiger partial charge on any atom is 0.264 e. The normalized spacial score (nSPS) is 16.0. The van der Waals surface area contributed by atoms with Crippen molar-refractivity contribution in [2.45, 2.75) is 11.8 Å². The van der Waals surface area contributed by atoms with Crippen molar-refractivity contribution in [3.05, 3.63) is 46.7 Å². The zero-order valence-corrected chi connectivity index (χ0v) is 17.1. The van der Waals surface area contributed by atoms with Crippen molar-refractivity contribution >= 4 is 37.5 Å². The number of fused-ring (bicyclic) bond motifs is 1. The Hall–Kier alpha value is -2.30. The molecule has 10 heteroatoms. The highest BCUT2D eigenvalue weighted by Gasteiger charge is 2.31. The number of piperazine rings is 1. The van der Waals surface area contributed by atoms with E-state index in [1.54, 1.807) is 9.58 Å². The smallest absolute Gasteiger partial charge is 0.264 e. The molecule has 1 fully saturated rings. The first-order valence-corrected chi connectivity index (χ1v) is 11.0. The van der Waals surface area contributed by atoms with E-state index in [2.05, 4.69) is 5.10 Å². The summed E-state index contributed by atoms with van der Waals surface area (Å²) < 4.78 is 41.6. The van der Waals surface area contributed by atoms with E-state index < -0.39 is 15.8 Å². The molecule has 1 aliphatic rings. The Morgan fingerprint density at radius 2 is 1.79 bits per heavy atom. The van der Waals surface area contributed by atoms with Crippen molar-refractivity contribution in [1.82, 2.24) is 19.0 Å². The third-order valence-corrected chi connectivity index (χ3v) is 7.99. The SMILES string of the molecule is Cc1nn(C)c2sc(C(=O)N3CCN(S(=O)(=O)c4ccc(F)cc4)CC3)cc12. The van der Waals surface area contributed by atoms with Gasteiger partial charge in [0.1, 0.15) is 10.6 Å². The van der Waals surface area contributed by atoms with Crippen LogP contribution in [0, 0.1) is 12.7 Å².